The molecule has 2 heterocycles. The molecule has 0 aliphatic carbocycles. The van der Waals surface area contributed by atoms with Gasteiger partial charge in [0, 0.05) is 19.3 Å². The fourth-order valence-corrected chi connectivity index (χ4v) is 3.58. The van der Waals surface area contributed by atoms with E-state index in [0.717, 1.165) is 50.5 Å². The van der Waals surface area contributed by atoms with Crippen molar-refractivity contribution < 1.29 is 9.53 Å². The Kier molecular flexibility index (Phi) is 7.26. The van der Waals surface area contributed by atoms with Crippen LogP contribution in [0.15, 0.2) is 48.7 Å². The third kappa shape index (κ3) is 6.86. The van der Waals surface area contributed by atoms with Crippen LogP contribution in [0.5, 0.6) is 5.75 Å². The molecule has 0 atom stereocenters. The van der Waals surface area contributed by atoms with Gasteiger partial charge in [-0.05, 0) is 67.1 Å². The second kappa shape index (κ2) is 9.88. The third-order valence-corrected chi connectivity index (χ3v) is 5.50. The molecule has 5 nitrogen and oxygen atoms in total. The zero-order valence-corrected chi connectivity index (χ0v) is 17.9. The predicted octanol–water partition coefficient (Wildman–Crippen LogP) is 3.79. The monoisotopic (exact) mass is 395 g/mol. The van der Waals surface area contributed by atoms with Crippen molar-refractivity contribution in [2.45, 2.75) is 45.6 Å². The number of likely N-dealkylation sites (tertiary alicyclic amines) is 1. The first kappa shape index (κ1) is 21.3. The first-order valence-corrected chi connectivity index (χ1v) is 10.5. The van der Waals surface area contributed by atoms with Crippen LogP contribution in [0.1, 0.15) is 44.9 Å². The van der Waals surface area contributed by atoms with Crippen LogP contribution in [0.4, 0.5) is 0 Å². The lowest BCUT2D eigenvalue weighted by atomic mass is 9.87. The number of nitrogens with one attached hydrogen (secondary N) is 1. The first-order chi connectivity index (χ1) is 13.9. The summed E-state index contributed by atoms with van der Waals surface area (Å²) in [4.78, 5) is 19.0. The summed E-state index contributed by atoms with van der Waals surface area (Å²) in [5.41, 5.74) is 2.49. The van der Waals surface area contributed by atoms with Gasteiger partial charge in [0.25, 0.3) is 5.91 Å². The Morgan fingerprint density at radius 3 is 2.48 bits per heavy atom. The van der Waals surface area contributed by atoms with E-state index in [1.165, 1.54) is 5.56 Å². The second-order valence-electron chi connectivity index (χ2n) is 8.91. The molecule has 1 aromatic heterocycles. The molecule has 1 aliphatic heterocycles. The molecule has 0 spiro atoms. The standard InChI is InChI=1S/C24H33N3O2/c1-24(2,3)20-7-9-22(10-8-20)29-18-23(28)26-16-19-11-14-27(15-12-19)17-21-6-4-5-13-25-21/h4-10,13,19H,11-12,14-18H2,1-3H3,(H,26,28). The van der Waals surface area contributed by atoms with Crippen LogP contribution in [0.2, 0.25) is 0 Å². The maximum absolute atomic E-state index is 12.1. The zero-order chi connectivity index (χ0) is 20.7. The number of carbonyl (C=O) groups is 1. The maximum atomic E-state index is 12.1. The van der Waals surface area contributed by atoms with Crippen LogP contribution in [-0.4, -0.2) is 42.0 Å². The van der Waals surface area contributed by atoms with Crippen LogP contribution in [-0.2, 0) is 16.8 Å². The summed E-state index contributed by atoms with van der Waals surface area (Å²) in [5, 5.41) is 3.03. The lowest BCUT2D eigenvalue weighted by Gasteiger charge is -2.31. The van der Waals surface area contributed by atoms with Gasteiger partial charge in [-0.1, -0.05) is 39.0 Å². The number of piperidine rings is 1. The van der Waals surface area contributed by atoms with Crippen molar-refractivity contribution in [3.05, 3.63) is 59.9 Å². The lowest BCUT2D eigenvalue weighted by molar-refractivity contribution is -0.123. The smallest absolute Gasteiger partial charge is 0.257 e. The van der Waals surface area contributed by atoms with Gasteiger partial charge >= 0.3 is 0 Å². The van der Waals surface area contributed by atoms with Gasteiger partial charge in [0.1, 0.15) is 5.75 Å². The van der Waals surface area contributed by atoms with Gasteiger partial charge in [0.05, 0.1) is 5.69 Å². The largest absolute Gasteiger partial charge is 0.484 e. The van der Waals surface area contributed by atoms with Gasteiger partial charge in [0.2, 0.25) is 0 Å². The van der Waals surface area contributed by atoms with E-state index in [2.05, 4.69) is 54.2 Å². The van der Waals surface area contributed by atoms with E-state index in [-0.39, 0.29) is 17.9 Å². The van der Waals surface area contributed by atoms with E-state index in [9.17, 15) is 4.79 Å². The number of carbonyl (C=O) groups excluding carboxylic acids is 1. The van der Waals surface area contributed by atoms with E-state index in [1.54, 1.807) is 0 Å². The van der Waals surface area contributed by atoms with Crippen molar-refractivity contribution in [2.24, 2.45) is 5.92 Å². The molecule has 5 heteroatoms. The number of pyridine rings is 1. The van der Waals surface area contributed by atoms with Crippen LogP contribution in [0, 0.1) is 5.92 Å². The second-order valence-corrected chi connectivity index (χ2v) is 8.91. The van der Waals surface area contributed by atoms with E-state index >= 15 is 0 Å². The van der Waals surface area contributed by atoms with Crippen LogP contribution in [0.3, 0.4) is 0 Å². The predicted molar refractivity (Wildman–Crippen MR) is 116 cm³/mol. The van der Waals surface area contributed by atoms with E-state index in [1.807, 2.05) is 30.5 Å². The van der Waals surface area contributed by atoms with E-state index < -0.39 is 0 Å². The molecule has 2 aromatic rings. The third-order valence-electron chi connectivity index (χ3n) is 5.50. The van der Waals surface area contributed by atoms with Crippen molar-refractivity contribution in [2.75, 3.05) is 26.2 Å². The summed E-state index contributed by atoms with van der Waals surface area (Å²) in [6.07, 6.45) is 4.04. The Bertz CT molecular complexity index is 761. The molecule has 0 unspecified atom stereocenters. The lowest BCUT2D eigenvalue weighted by Crippen LogP contribution is -2.39. The quantitative estimate of drug-likeness (QED) is 0.775. The highest BCUT2D eigenvalue weighted by molar-refractivity contribution is 5.77. The minimum absolute atomic E-state index is 0.0548. The highest BCUT2D eigenvalue weighted by atomic mass is 16.5. The topological polar surface area (TPSA) is 54.5 Å². The Morgan fingerprint density at radius 2 is 1.86 bits per heavy atom. The normalized spacial score (nSPS) is 15.8. The van der Waals surface area contributed by atoms with Crippen molar-refractivity contribution in [3.63, 3.8) is 0 Å². The van der Waals surface area contributed by atoms with Gasteiger partial charge in [-0.2, -0.15) is 0 Å². The number of ether oxygens (including phenoxy) is 1. The van der Waals surface area contributed by atoms with Gasteiger partial charge in [-0.15, -0.1) is 0 Å². The maximum Gasteiger partial charge on any atom is 0.257 e. The summed E-state index contributed by atoms with van der Waals surface area (Å²) < 4.78 is 5.63. The Labute approximate surface area is 174 Å². The summed E-state index contributed by atoms with van der Waals surface area (Å²) in [7, 11) is 0. The molecule has 1 fully saturated rings. The Morgan fingerprint density at radius 1 is 1.14 bits per heavy atom. The minimum Gasteiger partial charge on any atom is -0.484 e. The van der Waals surface area contributed by atoms with Gasteiger partial charge in [-0.25, -0.2) is 0 Å². The van der Waals surface area contributed by atoms with Gasteiger partial charge in [-0.3, -0.25) is 14.7 Å². The summed E-state index contributed by atoms with van der Waals surface area (Å²) >= 11 is 0. The number of hydrogen-bond donors (Lipinski definition) is 1. The number of benzene rings is 1. The molecule has 29 heavy (non-hydrogen) atoms. The van der Waals surface area contributed by atoms with Crippen molar-refractivity contribution >= 4 is 5.91 Å². The van der Waals surface area contributed by atoms with Gasteiger partial charge < -0.3 is 10.1 Å². The molecule has 1 aliphatic rings. The SMILES string of the molecule is CC(C)(C)c1ccc(OCC(=O)NCC2CCN(Cc3ccccn3)CC2)cc1. The number of rotatable bonds is 7. The molecular weight excluding hydrogens is 362 g/mol. The summed E-state index contributed by atoms with van der Waals surface area (Å²) in [6.45, 7) is 10.3. The van der Waals surface area contributed by atoms with Crippen LogP contribution < -0.4 is 10.1 Å². The molecule has 1 amide bonds. The Balaban J connectivity index is 1.33. The number of hydrogen-bond acceptors (Lipinski definition) is 4. The van der Waals surface area contributed by atoms with Crippen molar-refractivity contribution in [1.82, 2.24) is 15.2 Å². The molecule has 0 bridgehead atoms. The van der Waals surface area contributed by atoms with Crippen LogP contribution in [0.25, 0.3) is 0 Å². The first-order valence-electron chi connectivity index (χ1n) is 10.5. The van der Waals surface area contributed by atoms with Crippen molar-refractivity contribution in [1.29, 1.82) is 0 Å². The van der Waals surface area contributed by atoms with E-state index in [4.69, 9.17) is 4.74 Å². The number of amides is 1. The fourth-order valence-electron chi connectivity index (χ4n) is 3.58. The Hall–Kier alpha value is -2.40. The highest BCUT2D eigenvalue weighted by Crippen LogP contribution is 2.24. The van der Waals surface area contributed by atoms with Crippen molar-refractivity contribution in [3.8, 4) is 5.75 Å². The number of nitrogens with zero attached hydrogens (tertiary/aromatic N) is 2. The molecule has 156 valence electrons. The van der Waals surface area contributed by atoms with E-state index in [0.29, 0.717) is 5.92 Å². The molecule has 0 saturated carbocycles. The highest BCUT2D eigenvalue weighted by Gasteiger charge is 2.20. The molecular formula is C24H33N3O2. The van der Waals surface area contributed by atoms with Gasteiger partial charge in [0.15, 0.2) is 6.61 Å². The molecule has 1 N–H and O–H groups in total. The number of aromatic nitrogens is 1. The molecule has 1 saturated heterocycles. The molecule has 0 radical (unpaired) electrons. The molecule has 3 rings (SSSR count). The fraction of sp³-hybridized carbons (Fsp3) is 0.500. The van der Waals surface area contributed by atoms with Crippen LogP contribution >= 0.6 is 0 Å². The summed E-state index contributed by atoms with van der Waals surface area (Å²) in [5.74, 6) is 1.21. The zero-order valence-electron chi connectivity index (χ0n) is 17.9. The molecule has 1 aromatic carbocycles. The average molecular weight is 396 g/mol. The minimum atomic E-state index is -0.0548. The summed E-state index contributed by atoms with van der Waals surface area (Å²) in [6, 6.07) is 14.0. The average Bonchev–Trinajstić information content (AvgIpc) is 2.72.